The van der Waals surface area contributed by atoms with Gasteiger partial charge in [-0.3, -0.25) is 4.79 Å². The molecule has 1 saturated heterocycles. The number of carboxylic acid groups (broad SMARTS) is 1. The maximum absolute atomic E-state index is 10.7. The van der Waals surface area contributed by atoms with Crippen LogP contribution in [0.15, 0.2) is 24.3 Å². The molecule has 1 unspecified atom stereocenters. The lowest BCUT2D eigenvalue weighted by molar-refractivity contribution is -0.137. The second kappa shape index (κ2) is 6.09. The molecule has 104 valence electrons. The molecule has 1 aromatic carbocycles. The van der Waals surface area contributed by atoms with Crippen molar-refractivity contribution in [2.24, 2.45) is 0 Å². The first kappa shape index (κ1) is 13.9. The Morgan fingerprint density at radius 1 is 1.37 bits per heavy atom. The largest absolute Gasteiger partial charge is 0.481 e. The smallest absolute Gasteiger partial charge is 0.303 e. The molecule has 0 aliphatic carbocycles. The first-order chi connectivity index (χ1) is 9.08. The van der Waals surface area contributed by atoms with Gasteiger partial charge in [-0.15, -0.1) is 0 Å². The van der Waals surface area contributed by atoms with Crippen LogP contribution < -0.4 is 4.90 Å². The van der Waals surface area contributed by atoms with E-state index < -0.39 is 5.97 Å². The quantitative estimate of drug-likeness (QED) is 0.879. The van der Waals surface area contributed by atoms with Gasteiger partial charge in [0.25, 0.3) is 0 Å². The highest BCUT2D eigenvalue weighted by Gasteiger charge is 2.25. The molecule has 0 aromatic heterocycles. The highest BCUT2D eigenvalue weighted by molar-refractivity contribution is 5.66. The van der Waals surface area contributed by atoms with Crippen molar-refractivity contribution < 1.29 is 9.90 Å². The molecule has 19 heavy (non-hydrogen) atoms. The highest BCUT2D eigenvalue weighted by atomic mass is 16.4. The molecule has 1 aromatic rings. The minimum atomic E-state index is -0.693. The number of hydrogen-bond donors (Lipinski definition) is 1. The Morgan fingerprint density at radius 2 is 2.05 bits per heavy atom. The molecular formula is C16H23NO2. The molecule has 1 fully saturated rings. The van der Waals surface area contributed by atoms with Crippen LogP contribution in [0.4, 0.5) is 5.69 Å². The predicted molar refractivity (Wildman–Crippen MR) is 77.8 cm³/mol. The van der Waals surface area contributed by atoms with Gasteiger partial charge < -0.3 is 10.0 Å². The molecule has 0 bridgehead atoms. The van der Waals surface area contributed by atoms with Gasteiger partial charge in [0.1, 0.15) is 0 Å². The highest BCUT2D eigenvalue weighted by Crippen LogP contribution is 2.29. The van der Waals surface area contributed by atoms with Gasteiger partial charge >= 0.3 is 5.97 Å². The van der Waals surface area contributed by atoms with Gasteiger partial charge in [-0.1, -0.05) is 26.0 Å². The summed E-state index contributed by atoms with van der Waals surface area (Å²) in [6.45, 7) is 5.44. The molecule has 3 nitrogen and oxygen atoms in total. The van der Waals surface area contributed by atoms with Crippen molar-refractivity contribution in [3.05, 3.63) is 29.8 Å². The Hall–Kier alpha value is -1.51. The standard InChI is InChI=1S/C16H23NO2/c1-12(2)13-5-7-15(8-6-13)17-11-3-4-14(17)9-10-16(18)19/h5-8,12,14H,3-4,9-11H2,1-2H3,(H,18,19). The van der Waals surface area contributed by atoms with Crippen molar-refractivity contribution in [2.75, 3.05) is 11.4 Å². The van der Waals surface area contributed by atoms with E-state index in [0.29, 0.717) is 12.0 Å². The minimum Gasteiger partial charge on any atom is -0.481 e. The first-order valence-electron chi connectivity index (χ1n) is 7.16. The second-order valence-corrected chi connectivity index (χ2v) is 5.67. The molecule has 0 amide bonds. The molecule has 2 rings (SSSR count). The average Bonchev–Trinajstić information content (AvgIpc) is 2.84. The fraction of sp³-hybridized carbons (Fsp3) is 0.562. The topological polar surface area (TPSA) is 40.5 Å². The van der Waals surface area contributed by atoms with E-state index >= 15 is 0 Å². The average molecular weight is 261 g/mol. The van der Waals surface area contributed by atoms with E-state index in [2.05, 4.69) is 43.0 Å². The van der Waals surface area contributed by atoms with E-state index in [1.165, 1.54) is 11.3 Å². The molecule has 0 radical (unpaired) electrons. The van der Waals surface area contributed by atoms with Crippen LogP contribution in [-0.2, 0) is 4.79 Å². The number of aliphatic carboxylic acids is 1. The summed E-state index contributed by atoms with van der Waals surface area (Å²) in [5.74, 6) is -0.141. The van der Waals surface area contributed by atoms with Gasteiger partial charge in [0.2, 0.25) is 0 Å². The molecule has 0 spiro atoms. The second-order valence-electron chi connectivity index (χ2n) is 5.67. The maximum Gasteiger partial charge on any atom is 0.303 e. The monoisotopic (exact) mass is 261 g/mol. The third-order valence-corrected chi connectivity index (χ3v) is 3.96. The number of anilines is 1. The Bertz CT molecular complexity index is 425. The third-order valence-electron chi connectivity index (χ3n) is 3.96. The summed E-state index contributed by atoms with van der Waals surface area (Å²) in [7, 11) is 0. The molecule has 1 aliphatic heterocycles. The van der Waals surface area contributed by atoms with Gasteiger partial charge in [0.05, 0.1) is 0 Å². The number of hydrogen-bond acceptors (Lipinski definition) is 2. The van der Waals surface area contributed by atoms with E-state index in [1.807, 2.05) is 0 Å². The van der Waals surface area contributed by atoms with Crippen LogP contribution in [0.3, 0.4) is 0 Å². The number of carboxylic acids is 1. The zero-order valence-electron chi connectivity index (χ0n) is 11.8. The Balaban J connectivity index is 2.04. The van der Waals surface area contributed by atoms with Crippen LogP contribution in [-0.4, -0.2) is 23.7 Å². The lowest BCUT2D eigenvalue weighted by atomic mass is 10.0. The summed E-state index contributed by atoms with van der Waals surface area (Å²) in [6, 6.07) is 9.11. The van der Waals surface area contributed by atoms with Crippen molar-refractivity contribution >= 4 is 11.7 Å². The fourth-order valence-electron chi connectivity index (χ4n) is 2.82. The zero-order valence-corrected chi connectivity index (χ0v) is 11.8. The molecule has 1 N–H and O–H groups in total. The Labute approximate surface area is 115 Å². The first-order valence-corrected chi connectivity index (χ1v) is 7.16. The SMILES string of the molecule is CC(C)c1ccc(N2CCCC2CCC(=O)O)cc1. The predicted octanol–water partition coefficient (Wildman–Crippen LogP) is 3.64. The summed E-state index contributed by atoms with van der Waals surface area (Å²) in [6.07, 6.45) is 3.29. The van der Waals surface area contributed by atoms with E-state index in [-0.39, 0.29) is 6.42 Å². The van der Waals surface area contributed by atoms with Gasteiger partial charge in [0.15, 0.2) is 0 Å². The normalized spacial score (nSPS) is 19.1. The summed E-state index contributed by atoms with van der Waals surface area (Å²) in [5, 5.41) is 8.81. The fourth-order valence-corrected chi connectivity index (χ4v) is 2.82. The molecular weight excluding hydrogens is 238 g/mol. The third kappa shape index (κ3) is 3.49. The summed E-state index contributed by atoms with van der Waals surface area (Å²) >= 11 is 0. The zero-order chi connectivity index (χ0) is 13.8. The van der Waals surface area contributed by atoms with E-state index in [9.17, 15) is 4.79 Å². The number of benzene rings is 1. The van der Waals surface area contributed by atoms with Crippen LogP contribution in [0, 0.1) is 0 Å². The van der Waals surface area contributed by atoms with Crippen LogP contribution in [0.1, 0.15) is 51.0 Å². The molecule has 1 atom stereocenters. The summed E-state index contributed by atoms with van der Waals surface area (Å²) in [5.41, 5.74) is 2.59. The van der Waals surface area contributed by atoms with E-state index in [4.69, 9.17) is 5.11 Å². The lowest BCUT2D eigenvalue weighted by Gasteiger charge is -2.27. The van der Waals surface area contributed by atoms with Crippen molar-refractivity contribution in [1.82, 2.24) is 0 Å². The number of carbonyl (C=O) groups is 1. The molecule has 3 heteroatoms. The number of rotatable bonds is 5. The van der Waals surface area contributed by atoms with Crippen molar-refractivity contribution in [3.8, 4) is 0 Å². The van der Waals surface area contributed by atoms with Crippen molar-refractivity contribution in [1.29, 1.82) is 0 Å². The van der Waals surface area contributed by atoms with Crippen molar-refractivity contribution in [2.45, 2.75) is 51.5 Å². The lowest BCUT2D eigenvalue weighted by Crippen LogP contribution is -2.29. The Kier molecular flexibility index (Phi) is 4.46. The van der Waals surface area contributed by atoms with Gasteiger partial charge in [0, 0.05) is 24.7 Å². The number of nitrogens with zero attached hydrogens (tertiary/aromatic N) is 1. The van der Waals surface area contributed by atoms with Gasteiger partial charge in [-0.05, 0) is 42.9 Å². The van der Waals surface area contributed by atoms with Crippen LogP contribution in [0.2, 0.25) is 0 Å². The van der Waals surface area contributed by atoms with Gasteiger partial charge in [-0.25, -0.2) is 0 Å². The molecule has 0 saturated carbocycles. The maximum atomic E-state index is 10.7. The van der Waals surface area contributed by atoms with Crippen molar-refractivity contribution in [3.63, 3.8) is 0 Å². The van der Waals surface area contributed by atoms with Crippen LogP contribution in [0.25, 0.3) is 0 Å². The summed E-state index contributed by atoms with van der Waals surface area (Å²) in [4.78, 5) is 13.1. The van der Waals surface area contributed by atoms with Gasteiger partial charge in [-0.2, -0.15) is 0 Å². The van der Waals surface area contributed by atoms with E-state index in [1.54, 1.807) is 0 Å². The summed E-state index contributed by atoms with van der Waals surface area (Å²) < 4.78 is 0. The van der Waals surface area contributed by atoms with Crippen LogP contribution in [0.5, 0.6) is 0 Å². The Morgan fingerprint density at radius 3 is 2.63 bits per heavy atom. The van der Waals surface area contributed by atoms with Crippen LogP contribution >= 0.6 is 0 Å². The minimum absolute atomic E-state index is 0.269. The molecule has 1 heterocycles. The van der Waals surface area contributed by atoms with E-state index in [0.717, 1.165) is 25.8 Å². The molecule has 1 aliphatic rings.